The summed E-state index contributed by atoms with van der Waals surface area (Å²) >= 11 is 0. The second kappa shape index (κ2) is 5.46. The van der Waals surface area contributed by atoms with Gasteiger partial charge in [-0.3, -0.25) is 5.10 Å². The monoisotopic (exact) mass is 303 g/mol. The Balaban J connectivity index is 1.83. The molecule has 0 atom stereocenters. The average Bonchev–Trinajstić information content (AvgIpc) is 2.95. The van der Waals surface area contributed by atoms with Crippen LogP contribution in [0.15, 0.2) is 47.5 Å². The molecule has 1 aromatic heterocycles. The third-order valence-corrected chi connectivity index (χ3v) is 5.70. The largest absolute Gasteiger partial charge is 0.281 e. The summed E-state index contributed by atoms with van der Waals surface area (Å²) in [5, 5.41) is 6.48. The van der Waals surface area contributed by atoms with Gasteiger partial charge in [-0.2, -0.15) is 9.40 Å². The van der Waals surface area contributed by atoms with Gasteiger partial charge in [-0.1, -0.05) is 36.4 Å². The van der Waals surface area contributed by atoms with Crippen LogP contribution >= 0.6 is 0 Å². The number of nitrogens with one attached hydrogen (secondary N) is 1. The number of nitrogens with zero attached hydrogens (tertiary/aromatic N) is 2. The van der Waals surface area contributed by atoms with Crippen molar-refractivity contribution >= 4 is 15.6 Å². The molecule has 0 spiro atoms. The van der Waals surface area contributed by atoms with Crippen molar-refractivity contribution in [2.75, 3.05) is 13.1 Å². The highest BCUT2D eigenvalue weighted by atomic mass is 32.2. The topological polar surface area (TPSA) is 66.1 Å². The molecule has 0 radical (unpaired) electrons. The lowest BCUT2D eigenvalue weighted by Crippen LogP contribution is -2.34. The van der Waals surface area contributed by atoms with Crippen molar-refractivity contribution in [2.45, 2.75) is 18.2 Å². The van der Waals surface area contributed by atoms with Gasteiger partial charge in [0.2, 0.25) is 10.0 Å². The molecule has 5 nitrogen and oxygen atoms in total. The summed E-state index contributed by atoms with van der Waals surface area (Å²) in [5.41, 5.74) is 2.94. The molecule has 6 heteroatoms. The number of hydrogen-bond donors (Lipinski definition) is 1. The van der Waals surface area contributed by atoms with Gasteiger partial charge in [0.05, 0.1) is 11.9 Å². The first-order chi connectivity index (χ1) is 10.1. The van der Waals surface area contributed by atoms with E-state index >= 15 is 0 Å². The molecule has 1 aliphatic heterocycles. The standard InChI is InChI=1S/C15H17N3O2S/c1-12-15(11-16-17-12)21(19,20)18-9-7-14(8-10-18)13-5-3-2-4-6-13/h2-7,11H,8-10H2,1H3,(H,16,17). The SMILES string of the molecule is Cc1[nH]ncc1S(=O)(=O)N1CC=C(c2ccccc2)CC1. The molecular weight excluding hydrogens is 286 g/mol. The number of aryl methyl sites for hydroxylation is 1. The number of benzene rings is 1. The van der Waals surface area contributed by atoms with Crippen LogP contribution in [-0.4, -0.2) is 36.0 Å². The van der Waals surface area contributed by atoms with Gasteiger partial charge in [0.25, 0.3) is 0 Å². The van der Waals surface area contributed by atoms with Crippen molar-refractivity contribution in [3.63, 3.8) is 0 Å². The second-order valence-electron chi connectivity index (χ2n) is 5.07. The Kier molecular flexibility index (Phi) is 3.65. The molecule has 0 amide bonds. The van der Waals surface area contributed by atoms with Crippen LogP contribution in [-0.2, 0) is 10.0 Å². The van der Waals surface area contributed by atoms with Gasteiger partial charge in [0.1, 0.15) is 4.90 Å². The Hall–Kier alpha value is -1.92. The van der Waals surface area contributed by atoms with Crippen LogP contribution in [0.1, 0.15) is 17.7 Å². The normalized spacial score (nSPS) is 16.7. The van der Waals surface area contributed by atoms with Crippen molar-refractivity contribution in [2.24, 2.45) is 0 Å². The molecule has 0 saturated heterocycles. The van der Waals surface area contributed by atoms with Crippen LogP contribution < -0.4 is 0 Å². The number of sulfonamides is 1. The number of hydrogen-bond acceptors (Lipinski definition) is 3. The van der Waals surface area contributed by atoms with Gasteiger partial charge in [0.15, 0.2) is 0 Å². The molecule has 0 unspecified atom stereocenters. The quantitative estimate of drug-likeness (QED) is 0.945. The highest BCUT2D eigenvalue weighted by Crippen LogP contribution is 2.26. The van der Waals surface area contributed by atoms with Crippen LogP contribution in [0.3, 0.4) is 0 Å². The summed E-state index contributed by atoms with van der Waals surface area (Å²) in [6.07, 6.45) is 4.09. The van der Waals surface area contributed by atoms with E-state index in [1.807, 2.05) is 24.3 Å². The van der Waals surface area contributed by atoms with E-state index in [1.54, 1.807) is 6.92 Å². The van der Waals surface area contributed by atoms with Crippen molar-refractivity contribution < 1.29 is 8.42 Å². The number of H-pyrrole nitrogens is 1. The minimum absolute atomic E-state index is 0.263. The van der Waals surface area contributed by atoms with Crippen molar-refractivity contribution in [1.29, 1.82) is 0 Å². The molecule has 2 aromatic rings. The van der Waals surface area contributed by atoms with Crippen LogP contribution in [0.25, 0.3) is 5.57 Å². The predicted octanol–water partition coefficient (Wildman–Crippen LogP) is 2.20. The van der Waals surface area contributed by atoms with E-state index in [0.29, 0.717) is 18.8 Å². The van der Waals surface area contributed by atoms with Crippen LogP contribution in [0.4, 0.5) is 0 Å². The van der Waals surface area contributed by atoms with E-state index < -0.39 is 10.0 Å². The summed E-state index contributed by atoms with van der Waals surface area (Å²) in [6.45, 7) is 2.61. The van der Waals surface area contributed by atoms with Gasteiger partial charge >= 0.3 is 0 Å². The lowest BCUT2D eigenvalue weighted by atomic mass is 10.0. The zero-order valence-electron chi connectivity index (χ0n) is 11.8. The molecular formula is C15H17N3O2S. The van der Waals surface area contributed by atoms with Crippen LogP contribution in [0.2, 0.25) is 0 Å². The summed E-state index contributed by atoms with van der Waals surface area (Å²) in [6, 6.07) is 10.1. The molecule has 0 aliphatic carbocycles. The average molecular weight is 303 g/mol. The van der Waals surface area contributed by atoms with E-state index in [1.165, 1.54) is 16.1 Å². The van der Waals surface area contributed by atoms with E-state index in [-0.39, 0.29) is 4.90 Å². The first-order valence-corrected chi connectivity index (χ1v) is 8.27. The highest BCUT2D eigenvalue weighted by Gasteiger charge is 2.28. The molecule has 3 rings (SSSR count). The van der Waals surface area contributed by atoms with Crippen LogP contribution in [0, 0.1) is 6.92 Å². The van der Waals surface area contributed by atoms with E-state index in [4.69, 9.17) is 0 Å². The molecule has 2 heterocycles. The zero-order valence-corrected chi connectivity index (χ0v) is 12.6. The minimum Gasteiger partial charge on any atom is -0.281 e. The number of aromatic nitrogens is 2. The Bertz CT molecular complexity index is 763. The maximum atomic E-state index is 12.5. The Morgan fingerprint density at radius 2 is 2.00 bits per heavy atom. The fraction of sp³-hybridized carbons (Fsp3) is 0.267. The number of rotatable bonds is 3. The van der Waals surface area contributed by atoms with Crippen molar-refractivity contribution in [3.05, 3.63) is 53.9 Å². The van der Waals surface area contributed by atoms with E-state index in [0.717, 1.165) is 12.0 Å². The highest BCUT2D eigenvalue weighted by molar-refractivity contribution is 7.89. The molecule has 0 fully saturated rings. The van der Waals surface area contributed by atoms with Gasteiger partial charge in [-0.25, -0.2) is 8.42 Å². The van der Waals surface area contributed by atoms with Gasteiger partial charge in [-0.05, 0) is 24.5 Å². The smallest absolute Gasteiger partial charge is 0.246 e. The van der Waals surface area contributed by atoms with Crippen LogP contribution in [0.5, 0.6) is 0 Å². The second-order valence-corrected chi connectivity index (χ2v) is 6.97. The number of aromatic amines is 1. The Morgan fingerprint density at radius 1 is 1.24 bits per heavy atom. The van der Waals surface area contributed by atoms with E-state index in [2.05, 4.69) is 22.3 Å². The molecule has 21 heavy (non-hydrogen) atoms. The lowest BCUT2D eigenvalue weighted by Gasteiger charge is -2.25. The van der Waals surface area contributed by atoms with Gasteiger partial charge in [-0.15, -0.1) is 0 Å². The zero-order chi connectivity index (χ0) is 14.9. The van der Waals surface area contributed by atoms with Crippen molar-refractivity contribution in [3.8, 4) is 0 Å². The summed E-state index contributed by atoms with van der Waals surface area (Å²) in [5.74, 6) is 0. The fourth-order valence-corrected chi connectivity index (χ4v) is 4.02. The first kappa shape index (κ1) is 14.0. The van der Waals surface area contributed by atoms with Gasteiger partial charge < -0.3 is 0 Å². The molecule has 1 aromatic carbocycles. The lowest BCUT2D eigenvalue weighted by molar-refractivity contribution is 0.441. The first-order valence-electron chi connectivity index (χ1n) is 6.83. The predicted molar refractivity (Wildman–Crippen MR) is 81.1 cm³/mol. The molecule has 110 valence electrons. The fourth-order valence-electron chi connectivity index (χ4n) is 2.52. The third-order valence-electron chi connectivity index (χ3n) is 3.72. The summed E-state index contributed by atoms with van der Waals surface area (Å²) < 4.78 is 26.6. The van der Waals surface area contributed by atoms with Crippen molar-refractivity contribution in [1.82, 2.24) is 14.5 Å². The molecule has 0 bridgehead atoms. The maximum Gasteiger partial charge on any atom is 0.246 e. The van der Waals surface area contributed by atoms with Gasteiger partial charge in [0, 0.05) is 13.1 Å². The minimum atomic E-state index is -3.46. The Morgan fingerprint density at radius 3 is 2.57 bits per heavy atom. The third kappa shape index (κ3) is 2.64. The molecule has 0 saturated carbocycles. The molecule has 1 N–H and O–H groups in total. The maximum absolute atomic E-state index is 12.5. The Labute approximate surface area is 124 Å². The summed E-state index contributed by atoms with van der Waals surface area (Å²) in [7, 11) is -3.46. The summed E-state index contributed by atoms with van der Waals surface area (Å²) in [4.78, 5) is 0.263. The van der Waals surface area contributed by atoms with E-state index in [9.17, 15) is 8.42 Å². The molecule has 1 aliphatic rings.